The standard InChI is InChI=1S/C22H30N4O3/c1-16-4-3-5-17(14-16)15-19(27)25-10-6-18(7-11-25)26-20(28)22(23-21(26)29)8-12-24(2)13-9-22/h3-5,14,18H,6-13,15H2,1-2H3,(H,23,29). The fourth-order valence-electron chi connectivity index (χ4n) is 4.79. The molecule has 0 radical (unpaired) electrons. The number of benzene rings is 1. The highest BCUT2D eigenvalue weighted by Crippen LogP contribution is 2.32. The SMILES string of the molecule is Cc1cccc(CC(=O)N2CCC(N3C(=O)NC4(CCN(C)CC4)C3=O)CC2)c1. The normalized spacial score (nSPS) is 23.0. The average Bonchev–Trinajstić information content (AvgIpc) is 2.94. The van der Waals surface area contributed by atoms with Crippen molar-refractivity contribution in [1.82, 2.24) is 20.0 Å². The van der Waals surface area contributed by atoms with Gasteiger partial charge in [0.15, 0.2) is 0 Å². The minimum absolute atomic E-state index is 0.0693. The minimum Gasteiger partial charge on any atom is -0.342 e. The van der Waals surface area contributed by atoms with Gasteiger partial charge in [0.1, 0.15) is 5.54 Å². The van der Waals surface area contributed by atoms with Crippen LogP contribution >= 0.6 is 0 Å². The Labute approximate surface area is 172 Å². The molecule has 0 saturated carbocycles. The van der Waals surface area contributed by atoms with Crippen LogP contribution in [-0.2, 0) is 16.0 Å². The molecule has 156 valence electrons. The topological polar surface area (TPSA) is 73.0 Å². The number of carbonyl (C=O) groups excluding carboxylic acids is 3. The maximum atomic E-state index is 13.1. The van der Waals surface area contributed by atoms with Crippen LogP contribution in [0.2, 0.25) is 0 Å². The van der Waals surface area contributed by atoms with Crippen molar-refractivity contribution in [2.75, 3.05) is 33.2 Å². The molecule has 7 heteroatoms. The Balaban J connectivity index is 1.35. The predicted molar refractivity (Wildman–Crippen MR) is 109 cm³/mol. The third-order valence-corrected chi connectivity index (χ3v) is 6.65. The molecule has 0 aliphatic carbocycles. The number of hydrogen-bond acceptors (Lipinski definition) is 4. The second kappa shape index (κ2) is 7.78. The summed E-state index contributed by atoms with van der Waals surface area (Å²) < 4.78 is 0. The summed E-state index contributed by atoms with van der Waals surface area (Å²) in [4.78, 5) is 43.9. The van der Waals surface area contributed by atoms with Crippen LogP contribution < -0.4 is 5.32 Å². The molecule has 29 heavy (non-hydrogen) atoms. The summed E-state index contributed by atoms with van der Waals surface area (Å²) >= 11 is 0. The van der Waals surface area contributed by atoms with Gasteiger partial charge >= 0.3 is 6.03 Å². The zero-order chi connectivity index (χ0) is 20.6. The summed E-state index contributed by atoms with van der Waals surface area (Å²) in [5, 5.41) is 2.99. The van der Waals surface area contributed by atoms with E-state index < -0.39 is 5.54 Å². The Morgan fingerprint density at radius 3 is 2.48 bits per heavy atom. The predicted octanol–water partition coefficient (Wildman–Crippen LogP) is 1.54. The number of imide groups is 1. The van der Waals surface area contributed by atoms with Gasteiger partial charge in [-0.3, -0.25) is 14.5 Å². The van der Waals surface area contributed by atoms with Crippen molar-refractivity contribution in [3.05, 3.63) is 35.4 Å². The molecule has 7 nitrogen and oxygen atoms in total. The smallest absolute Gasteiger partial charge is 0.325 e. The number of carbonyl (C=O) groups is 3. The Hall–Kier alpha value is -2.41. The number of nitrogens with zero attached hydrogens (tertiary/aromatic N) is 3. The molecule has 1 spiro atoms. The van der Waals surface area contributed by atoms with E-state index in [1.807, 2.05) is 43.1 Å². The van der Waals surface area contributed by atoms with Gasteiger partial charge < -0.3 is 15.1 Å². The molecular weight excluding hydrogens is 368 g/mol. The summed E-state index contributed by atoms with van der Waals surface area (Å²) in [6.45, 7) is 4.82. The second-order valence-electron chi connectivity index (χ2n) is 8.77. The van der Waals surface area contributed by atoms with E-state index in [1.165, 1.54) is 4.90 Å². The van der Waals surface area contributed by atoms with E-state index in [-0.39, 0.29) is 23.9 Å². The molecule has 3 heterocycles. The van der Waals surface area contributed by atoms with Gasteiger partial charge in [0.05, 0.1) is 6.42 Å². The van der Waals surface area contributed by atoms with Crippen molar-refractivity contribution in [2.45, 2.75) is 50.6 Å². The molecular formula is C22H30N4O3. The van der Waals surface area contributed by atoms with Crippen molar-refractivity contribution < 1.29 is 14.4 Å². The van der Waals surface area contributed by atoms with Crippen LogP contribution in [0.1, 0.15) is 36.8 Å². The van der Waals surface area contributed by atoms with E-state index in [1.54, 1.807) is 0 Å². The lowest BCUT2D eigenvalue weighted by Gasteiger charge is -2.37. The number of likely N-dealkylation sites (tertiary alicyclic amines) is 2. The fraction of sp³-hybridized carbons (Fsp3) is 0.591. The Morgan fingerprint density at radius 2 is 1.83 bits per heavy atom. The number of rotatable bonds is 3. The van der Waals surface area contributed by atoms with Crippen LogP contribution in [-0.4, -0.2) is 77.4 Å². The van der Waals surface area contributed by atoms with Gasteiger partial charge in [-0.05, 0) is 45.2 Å². The molecule has 0 unspecified atom stereocenters. The van der Waals surface area contributed by atoms with Crippen LogP contribution in [0.25, 0.3) is 0 Å². The number of nitrogens with one attached hydrogen (secondary N) is 1. The van der Waals surface area contributed by atoms with Gasteiger partial charge in [0, 0.05) is 32.2 Å². The lowest BCUT2D eigenvalue weighted by molar-refractivity contribution is -0.136. The largest absolute Gasteiger partial charge is 0.342 e. The van der Waals surface area contributed by atoms with E-state index in [9.17, 15) is 14.4 Å². The van der Waals surface area contributed by atoms with Gasteiger partial charge in [-0.25, -0.2) is 4.79 Å². The molecule has 1 aromatic carbocycles. The quantitative estimate of drug-likeness (QED) is 0.784. The van der Waals surface area contributed by atoms with Crippen molar-refractivity contribution >= 4 is 17.8 Å². The van der Waals surface area contributed by atoms with Crippen molar-refractivity contribution in [3.8, 4) is 0 Å². The first-order valence-corrected chi connectivity index (χ1v) is 10.6. The van der Waals surface area contributed by atoms with Gasteiger partial charge in [-0.15, -0.1) is 0 Å². The summed E-state index contributed by atoms with van der Waals surface area (Å²) in [7, 11) is 2.04. The first-order chi connectivity index (χ1) is 13.9. The molecule has 1 N–H and O–H groups in total. The van der Waals surface area contributed by atoms with Crippen LogP contribution in [0.3, 0.4) is 0 Å². The van der Waals surface area contributed by atoms with Crippen LogP contribution in [0, 0.1) is 6.92 Å². The van der Waals surface area contributed by atoms with Crippen LogP contribution in [0.15, 0.2) is 24.3 Å². The highest BCUT2D eigenvalue weighted by atomic mass is 16.2. The third kappa shape index (κ3) is 3.88. The molecule has 3 aliphatic rings. The number of urea groups is 1. The summed E-state index contributed by atoms with van der Waals surface area (Å²) in [6, 6.07) is 7.63. The van der Waals surface area contributed by atoms with E-state index in [2.05, 4.69) is 10.2 Å². The van der Waals surface area contributed by atoms with Crippen LogP contribution in [0.4, 0.5) is 4.79 Å². The van der Waals surface area contributed by atoms with E-state index in [0.29, 0.717) is 45.2 Å². The Bertz CT molecular complexity index is 808. The van der Waals surface area contributed by atoms with Gasteiger partial charge in [-0.2, -0.15) is 0 Å². The van der Waals surface area contributed by atoms with Crippen molar-refractivity contribution in [3.63, 3.8) is 0 Å². The lowest BCUT2D eigenvalue weighted by Crippen LogP contribution is -2.55. The van der Waals surface area contributed by atoms with Gasteiger partial charge in [0.25, 0.3) is 5.91 Å². The van der Waals surface area contributed by atoms with Gasteiger partial charge in [-0.1, -0.05) is 29.8 Å². The molecule has 0 aromatic heterocycles. The summed E-state index contributed by atoms with van der Waals surface area (Å²) in [5.41, 5.74) is 1.45. The number of hydrogen-bond donors (Lipinski definition) is 1. The van der Waals surface area contributed by atoms with Crippen LogP contribution in [0.5, 0.6) is 0 Å². The average molecular weight is 399 g/mol. The van der Waals surface area contributed by atoms with E-state index in [0.717, 1.165) is 24.2 Å². The summed E-state index contributed by atoms with van der Waals surface area (Å²) in [6.07, 6.45) is 3.02. The molecule has 4 rings (SSSR count). The Kier molecular flexibility index (Phi) is 5.34. The number of piperidine rings is 2. The zero-order valence-corrected chi connectivity index (χ0v) is 17.3. The highest BCUT2D eigenvalue weighted by molar-refractivity contribution is 6.07. The first-order valence-electron chi connectivity index (χ1n) is 10.6. The maximum absolute atomic E-state index is 13.1. The Morgan fingerprint density at radius 1 is 1.14 bits per heavy atom. The second-order valence-corrected chi connectivity index (χ2v) is 8.77. The van der Waals surface area contributed by atoms with E-state index >= 15 is 0 Å². The molecule has 3 fully saturated rings. The highest BCUT2D eigenvalue weighted by Gasteiger charge is 2.54. The molecule has 3 aliphatic heterocycles. The zero-order valence-electron chi connectivity index (χ0n) is 17.3. The number of aryl methyl sites for hydroxylation is 1. The molecule has 1 aromatic rings. The third-order valence-electron chi connectivity index (χ3n) is 6.65. The van der Waals surface area contributed by atoms with Crippen molar-refractivity contribution in [2.24, 2.45) is 0 Å². The monoisotopic (exact) mass is 398 g/mol. The molecule has 3 saturated heterocycles. The molecule has 0 atom stereocenters. The van der Waals surface area contributed by atoms with Gasteiger partial charge in [0.2, 0.25) is 5.91 Å². The van der Waals surface area contributed by atoms with Crippen molar-refractivity contribution in [1.29, 1.82) is 0 Å². The lowest BCUT2D eigenvalue weighted by atomic mass is 9.87. The first kappa shape index (κ1) is 19.9. The maximum Gasteiger partial charge on any atom is 0.325 e. The minimum atomic E-state index is -0.721. The molecule has 0 bridgehead atoms. The fourth-order valence-corrected chi connectivity index (χ4v) is 4.79. The summed E-state index contributed by atoms with van der Waals surface area (Å²) in [5.74, 6) is 0.0400. The number of amides is 4. The van der Waals surface area contributed by atoms with E-state index in [4.69, 9.17) is 0 Å². The molecule has 4 amide bonds.